The zero-order chi connectivity index (χ0) is 16.6. The van der Waals surface area contributed by atoms with Crippen LogP contribution in [-0.4, -0.2) is 41.3 Å². The van der Waals surface area contributed by atoms with E-state index in [-0.39, 0.29) is 12.1 Å². The van der Waals surface area contributed by atoms with Gasteiger partial charge in [0.15, 0.2) is 6.04 Å². The van der Waals surface area contributed by atoms with E-state index < -0.39 is 17.6 Å². The molecular formula is C18H21NO4. The van der Waals surface area contributed by atoms with Gasteiger partial charge in [-0.1, -0.05) is 36.4 Å². The van der Waals surface area contributed by atoms with Crippen LogP contribution in [-0.2, 0) is 19.1 Å². The van der Waals surface area contributed by atoms with E-state index in [1.165, 1.54) is 4.90 Å². The fraction of sp³-hybridized carbons (Fsp3) is 0.444. The monoisotopic (exact) mass is 315 g/mol. The van der Waals surface area contributed by atoms with E-state index in [1.807, 2.05) is 57.2 Å². The first-order valence-corrected chi connectivity index (χ1v) is 7.76. The summed E-state index contributed by atoms with van der Waals surface area (Å²) in [6.45, 7) is 5.79. The Bertz CT molecular complexity index is 645. The van der Waals surface area contributed by atoms with Gasteiger partial charge in [-0.05, 0) is 31.9 Å². The van der Waals surface area contributed by atoms with Gasteiger partial charge < -0.3 is 9.47 Å². The lowest BCUT2D eigenvalue weighted by molar-refractivity contribution is -0.199. The molecule has 0 aromatic heterocycles. The smallest absolute Gasteiger partial charge is 0.333 e. The molecule has 1 aromatic carbocycles. The maximum Gasteiger partial charge on any atom is 0.333 e. The highest BCUT2D eigenvalue weighted by Gasteiger charge is 2.50. The third-order valence-electron chi connectivity index (χ3n) is 3.80. The summed E-state index contributed by atoms with van der Waals surface area (Å²) < 4.78 is 11.2. The van der Waals surface area contributed by atoms with Crippen LogP contribution in [0.5, 0.6) is 0 Å². The third-order valence-corrected chi connectivity index (χ3v) is 3.80. The van der Waals surface area contributed by atoms with Crippen LogP contribution in [0.3, 0.4) is 0 Å². The van der Waals surface area contributed by atoms with Crippen molar-refractivity contribution >= 4 is 18.0 Å². The number of amides is 1. The van der Waals surface area contributed by atoms with Crippen molar-refractivity contribution in [3.8, 4) is 0 Å². The number of carbonyl (C=O) groups excluding carboxylic acids is 2. The van der Waals surface area contributed by atoms with Gasteiger partial charge in [-0.3, -0.25) is 9.69 Å². The molecule has 0 spiro atoms. The van der Waals surface area contributed by atoms with Gasteiger partial charge in [0.2, 0.25) is 5.91 Å². The van der Waals surface area contributed by atoms with E-state index in [0.717, 1.165) is 11.1 Å². The summed E-state index contributed by atoms with van der Waals surface area (Å²) in [5.74, 6) is -0.481. The maximum absolute atomic E-state index is 12.6. The number of β-lactam (4-membered cyclic amide) rings is 1. The fourth-order valence-corrected chi connectivity index (χ4v) is 2.81. The first-order chi connectivity index (χ1) is 10.8. The van der Waals surface area contributed by atoms with Gasteiger partial charge in [0.25, 0.3) is 0 Å². The van der Waals surface area contributed by atoms with Crippen molar-refractivity contribution in [2.24, 2.45) is 0 Å². The second-order valence-electron chi connectivity index (χ2n) is 6.84. The maximum atomic E-state index is 12.6. The Kier molecular flexibility index (Phi) is 3.98. The Hall–Kier alpha value is -2.14. The molecule has 2 aliphatic rings. The molecule has 2 aliphatic heterocycles. The van der Waals surface area contributed by atoms with E-state index >= 15 is 0 Å². The number of nitrogens with zero attached hydrogens (tertiary/aromatic N) is 1. The minimum Gasteiger partial charge on any atom is -0.458 e. The van der Waals surface area contributed by atoms with Crippen molar-refractivity contribution in [1.29, 1.82) is 0 Å². The molecule has 122 valence electrons. The SMILES string of the molecule is CC(C)(C)OC(=O)[C@H]1/C(=C\c2ccccc2)CO[C@@H]2CC(=O)N21. The van der Waals surface area contributed by atoms with E-state index in [9.17, 15) is 9.59 Å². The molecule has 1 aromatic rings. The molecule has 2 heterocycles. The molecule has 0 N–H and O–H groups in total. The zero-order valence-electron chi connectivity index (χ0n) is 13.6. The van der Waals surface area contributed by atoms with E-state index in [4.69, 9.17) is 9.47 Å². The number of hydrogen-bond acceptors (Lipinski definition) is 4. The van der Waals surface area contributed by atoms with Crippen LogP contribution in [0.15, 0.2) is 35.9 Å². The predicted molar refractivity (Wildman–Crippen MR) is 85.3 cm³/mol. The lowest BCUT2D eigenvalue weighted by atomic mass is 9.95. The quantitative estimate of drug-likeness (QED) is 0.621. The average Bonchev–Trinajstić information content (AvgIpc) is 2.46. The van der Waals surface area contributed by atoms with Crippen molar-refractivity contribution in [3.05, 3.63) is 41.5 Å². The van der Waals surface area contributed by atoms with Crippen LogP contribution in [0.1, 0.15) is 32.8 Å². The van der Waals surface area contributed by atoms with Crippen LogP contribution in [0.25, 0.3) is 6.08 Å². The first-order valence-electron chi connectivity index (χ1n) is 7.76. The Morgan fingerprint density at radius 3 is 2.61 bits per heavy atom. The zero-order valence-corrected chi connectivity index (χ0v) is 13.6. The van der Waals surface area contributed by atoms with E-state index in [1.54, 1.807) is 0 Å². The van der Waals surface area contributed by atoms with Crippen LogP contribution in [0, 0.1) is 0 Å². The summed E-state index contributed by atoms with van der Waals surface area (Å²) in [5, 5.41) is 0. The first kappa shape index (κ1) is 15.7. The molecule has 0 aliphatic carbocycles. The van der Waals surface area contributed by atoms with Crippen molar-refractivity contribution < 1.29 is 19.1 Å². The van der Waals surface area contributed by atoms with Crippen LogP contribution in [0.4, 0.5) is 0 Å². The summed E-state index contributed by atoms with van der Waals surface area (Å²) in [6, 6.07) is 8.98. The molecule has 23 heavy (non-hydrogen) atoms. The number of benzene rings is 1. The molecule has 0 radical (unpaired) electrons. The molecule has 0 saturated carbocycles. The number of esters is 1. The summed E-state index contributed by atoms with van der Waals surface area (Å²) in [4.78, 5) is 26.1. The Balaban J connectivity index is 1.92. The lowest BCUT2D eigenvalue weighted by Gasteiger charge is -2.48. The molecule has 5 heteroatoms. The molecule has 1 amide bonds. The number of fused-ring (bicyclic) bond motifs is 1. The van der Waals surface area contributed by atoms with Gasteiger partial charge in [-0.2, -0.15) is 0 Å². The second kappa shape index (κ2) is 5.81. The van der Waals surface area contributed by atoms with Crippen molar-refractivity contribution in [2.45, 2.75) is 45.1 Å². The number of rotatable bonds is 2. The number of hydrogen-bond donors (Lipinski definition) is 0. The van der Waals surface area contributed by atoms with Crippen LogP contribution in [0.2, 0.25) is 0 Å². The topological polar surface area (TPSA) is 55.8 Å². The Labute approximate surface area is 135 Å². The minimum atomic E-state index is -0.700. The number of carbonyl (C=O) groups is 2. The highest BCUT2D eigenvalue weighted by atomic mass is 16.6. The van der Waals surface area contributed by atoms with Crippen molar-refractivity contribution in [1.82, 2.24) is 4.90 Å². The molecule has 2 fully saturated rings. The summed E-state index contributed by atoms with van der Waals surface area (Å²) in [5.41, 5.74) is 1.11. The molecule has 2 saturated heterocycles. The molecule has 0 bridgehead atoms. The summed E-state index contributed by atoms with van der Waals surface area (Å²) in [6.07, 6.45) is 1.92. The number of ether oxygens (including phenoxy) is 2. The van der Waals surface area contributed by atoms with E-state index in [2.05, 4.69) is 0 Å². The largest absolute Gasteiger partial charge is 0.458 e. The fourth-order valence-electron chi connectivity index (χ4n) is 2.81. The predicted octanol–water partition coefficient (Wildman–Crippen LogP) is 2.37. The van der Waals surface area contributed by atoms with Gasteiger partial charge in [-0.15, -0.1) is 0 Å². The van der Waals surface area contributed by atoms with Crippen LogP contribution >= 0.6 is 0 Å². The highest BCUT2D eigenvalue weighted by Crippen LogP contribution is 2.34. The summed E-state index contributed by atoms with van der Waals surface area (Å²) >= 11 is 0. The second-order valence-corrected chi connectivity index (χ2v) is 6.84. The Morgan fingerprint density at radius 2 is 2.00 bits per heavy atom. The summed E-state index contributed by atoms with van der Waals surface area (Å²) in [7, 11) is 0. The molecule has 0 unspecified atom stereocenters. The third kappa shape index (κ3) is 3.29. The van der Waals surface area contributed by atoms with Gasteiger partial charge in [0.05, 0.1) is 13.0 Å². The van der Waals surface area contributed by atoms with Crippen molar-refractivity contribution in [3.63, 3.8) is 0 Å². The molecule has 5 nitrogen and oxygen atoms in total. The average molecular weight is 315 g/mol. The molecular weight excluding hydrogens is 294 g/mol. The van der Waals surface area contributed by atoms with E-state index in [0.29, 0.717) is 13.0 Å². The van der Waals surface area contributed by atoms with Gasteiger partial charge in [0, 0.05) is 0 Å². The van der Waals surface area contributed by atoms with Gasteiger partial charge >= 0.3 is 5.97 Å². The van der Waals surface area contributed by atoms with Gasteiger partial charge in [0.1, 0.15) is 11.8 Å². The lowest BCUT2D eigenvalue weighted by Crippen LogP contribution is -2.65. The Morgan fingerprint density at radius 1 is 1.30 bits per heavy atom. The standard InChI is InChI=1S/C18H21NO4/c1-18(2,3)23-17(21)16-13(9-12-7-5-4-6-8-12)11-22-15-10-14(20)19(15)16/h4-9,15-16H,10-11H2,1-3H3/b13-9-/t15-,16-/m1/s1. The normalized spacial score (nSPS) is 25.8. The highest BCUT2D eigenvalue weighted by molar-refractivity contribution is 5.92. The molecule has 3 rings (SSSR count). The van der Waals surface area contributed by atoms with Crippen molar-refractivity contribution in [2.75, 3.05) is 6.61 Å². The molecule has 2 atom stereocenters. The van der Waals surface area contributed by atoms with Gasteiger partial charge in [-0.25, -0.2) is 4.79 Å². The van der Waals surface area contributed by atoms with Crippen LogP contribution < -0.4 is 0 Å². The minimum absolute atomic E-state index is 0.0791.